The Morgan fingerprint density at radius 3 is 3.00 bits per heavy atom. The molecule has 7 nitrogen and oxygen atoms in total. The first-order chi connectivity index (χ1) is 10.3. The highest BCUT2D eigenvalue weighted by atomic mass is 16.6. The molecule has 0 radical (unpaired) electrons. The highest BCUT2D eigenvalue weighted by molar-refractivity contribution is 5.84. The van der Waals surface area contributed by atoms with Gasteiger partial charge in [-0.3, -0.25) is 10.4 Å². The van der Waals surface area contributed by atoms with E-state index in [9.17, 15) is 4.79 Å². The number of ether oxygens (including phenoxy) is 2. The van der Waals surface area contributed by atoms with Crippen molar-refractivity contribution in [3.63, 3.8) is 0 Å². The van der Waals surface area contributed by atoms with Gasteiger partial charge in [0.15, 0.2) is 0 Å². The summed E-state index contributed by atoms with van der Waals surface area (Å²) >= 11 is 0. The Balaban J connectivity index is 1.85. The van der Waals surface area contributed by atoms with Gasteiger partial charge in [0, 0.05) is 24.8 Å². The molecule has 2 rings (SSSR count). The van der Waals surface area contributed by atoms with Crippen molar-refractivity contribution in [2.75, 3.05) is 11.9 Å². The van der Waals surface area contributed by atoms with Crippen LogP contribution in [-0.2, 0) is 16.0 Å². The predicted octanol–water partition coefficient (Wildman–Crippen LogP) is 2.41. The summed E-state index contributed by atoms with van der Waals surface area (Å²) < 4.78 is 10.8. The molecule has 1 saturated heterocycles. The van der Waals surface area contributed by atoms with Crippen molar-refractivity contribution in [3.8, 4) is 0 Å². The Labute approximate surface area is 131 Å². The number of anilines is 1. The van der Waals surface area contributed by atoms with Crippen LogP contribution in [-0.4, -0.2) is 40.6 Å². The predicted molar refractivity (Wildman–Crippen MR) is 83.7 cm³/mol. The number of carbonyl (C=O) groups excluding carboxylic acids is 1. The minimum atomic E-state index is -0.527. The first kappa shape index (κ1) is 16.8. The molecule has 0 spiro atoms. The number of rotatable bonds is 4. The SMILES string of the molecule is CC1CC(NCc2cn[nH]c2NC(=O)OC(C)(C)C)CCO1. The number of hydrogen-bond donors (Lipinski definition) is 3. The molecule has 124 valence electrons. The van der Waals surface area contributed by atoms with Crippen LogP contribution in [0.15, 0.2) is 6.20 Å². The van der Waals surface area contributed by atoms with Crippen molar-refractivity contribution in [3.05, 3.63) is 11.8 Å². The quantitative estimate of drug-likeness (QED) is 0.795. The number of aromatic nitrogens is 2. The molecule has 7 heteroatoms. The fraction of sp³-hybridized carbons (Fsp3) is 0.733. The second-order valence-corrected chi connectivity index (χ2v) is 6.68. The lowest BCUT2D eigenvalue weighted by molar-refractivity contribution is 0.0130. The van der Waals surface area contributed by atoms with Gasteiger partial charge in [0.25, 0.3) is 0 Å². The van der Waals surface area contributed by atoms with Gasteiger partial charge in [-0.15, -0.1) is 0 Å². The molecule has 0 aliphatic carbocycles. The summed E-state index contributed by atoms with van der Waals surface area (Å²) in [5.74, 6) is 0.571. The van der Waals surface area contributed by atoms with E-state index in [1.165, 1.54) is 0 Å². The van der Waals surface area contributed by atoms with Gasteiger partial charge in [-0.05, 0) is 40.5 Å². The third kappa shape index (κ3) is 5.31. The average molecular weight is 310 g/mol. The van der Waals surface area contributed by atoms with Crippen LogP contribution in [0.2, 0.25) is 0 Å². The molecule has 0 bridgehead atoms. The first-order valence-electron chi connectivity index (χ1n) is 7.71. The molecule has 1 amide bonds. The molecule has 1 aromatic heterocycles. The Morgan fingerprint density at radius 1 is 1.55 bits per heavy atom. The van der Waals surface area contributed by atoms with Crippen LogP contribution < -0.4 is 10.6 Å². The summed E-state index contributed by atoms with van der Waals surface area (Å²) in [6.45, 7) is 8.99. The molecular formula is C15H26N4O3. The van der Waals surface area contributed by atoms with Crippen LogP contribution in [0.4, 0.5) is 10.6 Å². The lowest BCUT2D eigenvalue weighted by Crippen LogP contribution is -2.37. The molecular weight excluding hydrogens is 284 g/mol. The van der Waals surface area contributed by atoms with Crippen LogP contribution in [0.1, 0.15) is 46.1 Å². The Morgan fingerprint density at radius 2 is 2.32 bits per heavy atom. The largest absolute Gasteiger partial charge is 0.444 e. The van der Waals surface area contributed by atoms with Crippen LogP contribution in [0.3, 0.4) is 0 Å². The molecule has 2 unspecified atom stereocenters. The van der Waals surface area contributed by atoms with Gasteiger partial charge in [0.1, 0.15) is 11.4 Å². The molecule has 1 aromatic rings. The van der Waals surface area contributed by atoms with Gasteiger partial charge in [0.05, 0.1) is 12.3 Å². The summed E-state index contributed by atoms with van der Waals surface area (Å²) in [6, 6.07) is 0.424. The van der Waals surface area contributed by atoms with E-state index in [1.807, 2.05) is 20.8 Å². The van der Waals surface area contributed by atoms with Crippen molar-refractivity contribution in [2.45, 2.75) is 64.8 Å². The Hall–Kier alpha value is -1.60. The van der Waals surface area contributed by atoms with Crippen LogP contribution in [0.25, 0.3) is 0 Å². The van der Waals surface area contributed by atoms with E-state index in [1.54, 1.807) is 6.20 Å². The molecule has 22 heavy (non-hydrogen) atoms. The van der Waals surface area contributed by atoms with Crippen LogP contribution in [0, 0.1) is 0 Å². The number of nitrogens with zero attached hydrogens (tertiary/aromatic N) is 1. The summed E-state index contributed by atoms with van der Waals surface area (Å²) in [5, 5.41) is 13.0. The molecule has 3 N–H and O–H groups in total. The normalized spacial score (nSPS) is 22.4. The van der Waals surface area contributed by atoms with E-state index < -0.39 is 11.7 Å². The maximum Gasteiger partial charge on any atom is 0.413 e. The molecule has 2 atom stereocenters. The minimum absolute atomic E-state index is 0.287. The van der Waals surface area contributed by atoms with Crippen molar-refractivity contribution in [2.24, 2.45) is 0 Å². The zero-order chi connectivity index (χ0) is 16.2. The van der Waals surface area contributed by atoms with Crippen LogP contribution in [0.5, 0.6) is 0 Å². The first-order valence-corrected chi connectivity index (χ1v) is 7.71. The summed E-state index contributed by atoms with van der Waals surface area (Å²) in [5.41, 5.74) is 0.380. The molecule has 0 saturated carbocycles. The Kier molecular flexibility index (Phi) is 5.42. The number of H-pyrrole nitrogens is 1. The lowest BCUT2D eigenvalue weighted by atomic mass is 10.0. The highest BCUT2D eigenvalue weighted by Crippen LogP contribution is 2.17. The average Bonchev–Trinajstić information content (AvgIpc) is 2.81. The fourth-order valence-corrected chi connectivity index (χ4v) is 2.40. The molecule has 0 aromatic carbocycles. The number of hydrogen-bond acceptors (Lipinski definition) is 5. The smallest absolute Gasteiger partial charge is 0.413 e. The third-order valence-corrected chi connectivity index (χ3v) is 3.41. The van der Waals surface area contributed by atoms with Gasteiger partial charge in [-0.25, -0.2) is 4.79 Å². The monoisotopic (exact) mass is 310 g/mol. The number of carbonyl (C=O) groups is 1. The molecule has 1 aliphatic rings. The number of aromatic amines is 1. The highest BCUT2D eigenvalue weighted by Gasteiger charge is 2.20. The van der Waals surface area contributed by atoms with Crippen molar-refractivity contribution < 1.29 is 14.3 Å². The van der Waals surface area contributed by atoms with E-state index in [0.717, 1.165) is 25.0 Å². The van der Waals surface area contributed by atoms with Gasteiger partial charge >= 0.3 is 6.09 Å². The summed E-state index contributed by atoms with van der Waals surface area (Å²) in [6.07, 6.45) is 3.50. The third-order valence-electron chi connectivity index (χ3n) is 3.41. The Bertz CT molecular complexity index is 495. The fourth-order valence-electron chi connectivity index (χ4n) is 2.40. The van der Waals surface area contributed by atoms with Gasteiger partial charge in [-0.2, -0.15) is 5.10 Å². The summed E-state index contributed by atoms with van der Waals surface area (Å²) in [4.78, 5) is 11.8. The maximum absolute atomic E-state index is 11.8. The van der Waals surface area contributed by atoms with E-state index in [0.29, 0.717) is 18.4 Å². The zero-order valence-corrected chi connectivity index (χ0v) is 13.7. The topological polar surface area (TPSA) is 88.3 Å². The summed E-state index contributed by atoms with van der Waals surface area (Å²) in [7, 11) is 0. The second kappa shape index (κ2) is 7.11. The van der Waals surface area contributed by atoms with Crippen LogP contribution >= 0.6 is 0 Å². The molecule has 1 aliphatic heterocycles. The lowest BCUT2D eigenvalue weighted by Gasteiger charge is -2.28. The molecule has 2 heterocycles. The minimum Gasteiger partial charge on any atom is -0.444 e. The van der Waals surface area contributed by atoms with Crippen molar-refractivity contribution in [1.82, 2.24) is 15.5 Å². The van der Waals surface area contributed by atoms with Gasteiger partial charge in [-0.1, -0.05) is 0 Å². The van der Waals surface area contributed by atoms with E-state index in [4.69, 9.17) is 9.47 Å². The molecule has 1 fully saturated rings. The number of nitrogens with one attached hydrogen (secondary N) is 3. The van der Waals surface area contributed by atoms with Crippen molar-refractivity contribution in [1.29, 1.82) is 0 Å². The number of amides is 1. The van der Waals surface area contributed by atoms with Gasteiger partial charge < -0.3 is 14.8 Å². The maximum atomic E-state index is 11.8. The standard InChI is InChI=1S/C15H26N4O3/c1-10-7-12(5-6-21-10)16-8-11-9-17-19-13(11)18-14(20)22-15(2,3)4/h9-10,12,16H,5-8H2,1-4H3,(H2,17,18,19,20). The van der Waals surface area contributed by atoms with E-state index >= 15 is 0 Å². The zero-order valence-electron chi connectivity index (χ0n) is 13.7. The van der Waals surface area contributed by atoms with Crippen molar-refractivity contribution >= 4 is 11.9 Å². The van der Waals surface area contributed by atoms with Gasteiger partial charge in [0.2, 0.25) is 0 Å². The van der Waals surface area contributed by atoms with E-state index in [2.05, 4.69) is 27.8 Å². The van der Waals surface area contributed by atoms with E-state index in [-0.39, 0.29) is 6.10 Å². The second-order valence-electron chi connectivity index (χ2n) is 6.68.